The number of amides is 2. The Labute approximate surface area is 145 Å². The molecule has 2 fully saturated rings. The third-order valence-corrected chi connectivity index (χ3v) is 5.10. The van der Waals surface area contributed by atoms with Crippen LogP contribution in [0.4, 0.5) is 10.1 Å². The molecule has 0 saturated carbocycles. The van der Waals surface area contributed by atoms with Crippen LogP contribution in [0.2, 0.25) is 0 Å². The quantitative estimate of drug-likeness (QED) is 0.848. The molecule has 24 heavy (non-hydrogen) atoms. The number of nitrogens with one attached hydrogen (secondary N) is 1. The average molecular weight is 354 g/mol. The summed E-state index contributed by atoms with van der Waals surface area (Å²) in [4.78, 5) is 26.7. The highest BCUT2D eigenvalue weighted by Gasteiger charge is 2.33. The number of benzene rings is 1. The lowest BCUT2D eigenvalue weighted by molar-refractivity contribution is -0.136. The van der Waals surface area contributed by atoms with Gasteiger partial charge in [-0.15, -0.1) is 0 Å². The fourth-order valence-corrected chi connectivity index (χ4v) is 3.59. The number of halogens is 2. The molecule has 1 aromatic rings. The molecule has 0 aliphatic carbocycles. The van der Waals surface area contributed by atoms with Crippen molar-refractivity contribution in [2.45, 2.75) is 31.7 Å². The first-order valence-corrected chi connectivity index (χ1v) is 8.67. The van der Waals surface area contributed by atoms with Crippen molar-refractivity contribution in [1.29, 1.82) is 0 Å². The normalized spacial score (nSPS) is 21.8. The molecular weight excluding hydrogens is 333 g/mol. The fourth-order valence-electron chi connectivity index (χ4n) is 3.35. The van der Waals surface area contributed by atoms with E-state index in [1.807, 2.05) is 4.90 Å². The van der Waals surface area contributed by atoms with Crippen molar-refractivity contribution in [3.8, 4) is 0 Å². The van der Waals surface area contributed by atoms with E-state index in [1.54, 1.807) is 6.07 Å². The second-order valence-corrected chi connectivity index (χ2v) is 6.69. The molecule has 1 N–H and O–H groups in total. The monoisotopic (exact) mass is 353 g/mol. The molecule has 1 atom stereocenters. The molecule has 7 heteroatoms. The summed E-state index contributed by atoms with van der Waals surface area (Å²) in [5, 5.41) is 3.21. The Bertz CT molecular complexity index is 614. The highest BCUT2D eigenvalue weighted by atomic mass is 35.5. The Morgan fingerprint density at radius 3 is 2.62 bits per heavy atom. The van der Waals surface area contributed by atoms with E-state index in [4.69, 9.17) is 11.8 Å². The Kier molecular flexibility index (Phi) is 5.36. The van der Waals surface area contributed by atoms with Gasteiger partial charge < -0.3 is 10.2 Å². The summed E-state index contributed by atoms with van der Waals surface area (Å²) in [6.07, 6.45) is 3.07. The molecule has 2 heterocycles. The highest BCUT2D eigenvalue weighted by molar-refractivity contribution is 6.36. The fraction of sp³-hybridized carbons (Fsp3) is 0.529. The summed E-state index contributed by atoms with van der Waals surface area (Å²) in [5.74, 6) is -0.790. The average Bonchev–Trinajstić information content (AvgIpc) is 3.14. The number of carbonyl (C=O) groups excluding carboxylic acids is 2. The van der Waals surface area contributed by atoms with Gasteiger partial charge >= 0.3 is 0 Å². The van der Waals surface area contributed by atoms with Crippen LogP contribution in [0.1, 0.15) is 25.7 Å². The summed E-state index contributed by atoms with van der Waals surface area (Å²) in [7, 11) is 0. The van der Waals surface area contributed by atoms with Crippen LogP contribution in [0, 0.1) is 11.7 Å². The Balaban J connectivity index is 1.55. The SMILES string of the molecule is O=C([C@@H]1CCCN1)N1CCC(C(=O)N(Cl)c2cccc(F)c2)CC1. The second kappa shape index (κ2) is 7.49. The van der Waals surface area contributed by atoms with Crippen LogP contribution >= 0.6 is 11.8 Å². The van der Waals surface area contributed by atoms with Gasteiger partial charge in [-0.1, -0.05) is 6.07 Å². The number of carbonyl (C=O) groups is 2. The zero-order valence-electron chi connectivity index (χ0n) is 13.4. The van der Waals surface area contributed by atoms with E-state index in [0.717, 1.165) is 23.8 Å². The van der Waals surface area contributed by atoms with Gasteiger partial charge in [0.15, 0.2) is 0 Å². The minimum absolute atomic E-state index is 0.0749. The number of nitrogens with zero attached hydrogens (tertiary/aromatic N) is 2. The number of hydrogen-bond donors (Lipinski definition) is 1. The molecule has 3 rings (SSSR count). The number of likely N-dealkylation sites (tertiary alicyclic amines) is 1. The van der Waals surface area contributed by atoms with E-state index in [-0.39, 0.29) is 23.8 Å². The van der Waals surface area contributed by atoms with E-state index in [0.29, 0.717) is 31.6 Å². The van der Waals surface area contributed by atoms with Crippen LogP contribution < -0.4 is 9.74 Å². The van der Waals surface area contributed by atoms with Gasteiger partial charge in [0, 0.05) is 30.8 Å². The van der Waals surface area contributed by atoms with Crippen molar-refractivity contribution in [3.05, 3.63) is 30.1 Å². The third-order valence-electron chi connectivity index (χ3n) is 4.74. The predicted molar refractivity (Wildman–Crippen MR) is 90.1 cm³/mol. The highest BCUT2D eigenvalue weighted by Crippen LogP contribution is 2.26. The molecule has 5 nitrogen and oxygen atoms in total. The standard InChI is InChI=1S/C17H21ClFN3O2/c18-22(14-4-1-3-13(19)11-14)16(23)12-6-9-21(10-7-12)17(24)15-5-2-8-20-15/h1,3-4,11-12,15,20H,2,5-10H2/t15-/m0/s1. The summed E-state index contributed by atoms with van der Waals surface area (Å²) in [6, 6.07) is 5.57. The maximum absolute atomic E-state index is 13.3. The summed E-state index contributed by atoms with van der Waals surface area (Å²) < 4.78 is 14.3. The van der Waals surface area contributed by atoms with Crippen molar-refractivity contribution < 1.29 is 14.0 Å². The lowest BCUT2D eigenvalue weighted by Gasteiger charge is -2.33. The van der Waals surface area contributed by atoms with Gasteiger partial charge in [-0.05, 0) is 50.4 Å². The van der Waals surface area contributed by atoms with Crippen molar-refractivity contribution in [2.24, 2.45) is 5.92 Å². The van der Waals surface area contributed by atoms with Gasteiger partial charge in [0.05, 0.1) is 11.7 Å². The van der Waals surface area contributed by atoms with Crippen LogP contribution in [0.5, 0.6) is 0 Å². The van der Waals surface area contributed by atoms with E-state index in [1.165, 1.54) is 18.2 Å². The number of piperidine rings is 1. The predicted octanol–water partition coefficient (Wildman–Crippen LogP) is 2.30. The largest absolute Gasteiger partial charge is 0.341 e. The van der Waals surface area contributed by atoms with Gasteiger partial charge in [0.1, 0.15) is 5.82 Å². The van der Waals surface area contributed by atoms with Crippen LogP contribution in [-0.2, 0) is 9.59 Å². The van der Waals surface area contributed by atoms with E-state index in [2.05, 4.69) is 5.32 Å². The maximum atomic E-state index is 13.3. The number of hydrogen-bond acceptors (Lipinski definition) is 3. The molecule has 1 aromatic carbocycles. The van der Waals surface area contributed by atoms with Gasteiger partial charge in [0.2, 0.25) is 11.8 Å². The summed E-state index contributed by atoms with van der Waals surface area (Å²) in [5.41, 5.74) is 0.329. The number of anilines is 1. The zero-order chi connectivity index (χ0) is 17.1. The van der Waals surface area contributed by atoms with Gasteiger partial charge in [-0.3, -0.25) is 9.59 Å². The number of rotatable bonds is 3. The first kappa shape index (κ1) is 17.2. The topological polar surface area (TPSA) is 52.7 Å². The molecule has 0 unspecified atom stereocenters. The van der Waals surface area contributed by atoms with E-state index >= 15 is 0 Å². The molecule has 2 saturated heterocycles. The van der Waals surface area contributed by atoms with E-state index in [9.17, 15) is 14.0 Å². The smallest absolute Gasteiger partial charge is 0.244 e. The molecule has 0 aromatic heterocycles. The molecule has 2 amide bonds. The summed E-state index contributed by atoms with van der Waals surface area (Å²) >= 11 is 6.09. The molecular formula is C17H21ClFN3O2. The molecule has 130 valence electrons. The van der Waals surface area contributed by atoms with Crippen LogP contribution in [0.25, 0.3) is 0 Å². The Hall–Kier alpha value is -1.66. The van der Waals surface area contributed by atoms with Crippen molar-refractivity contribution in [2.75, 3.05) is 24.1 Å². The Morgan fingerprint density at radius 1 is 1.25 bits per heavy atom. The first-order chi connectivity index (χ1) is 11.6. The minimum atomic E-state index is -0.435. The first-order valence-electron chi connectivity index (χ1n) is 8.34. The van der Waals surface area contributed by atoms with E-state index < -0.39 is 5.82 Å². The van der Waals surface area contributed by atoms with Gasteiger partial charge in [0.25, 0.3) is 0 Å². The minimum Gasteiger partial charge on any atom is -0.341 e. The molecule has 2 aliphatic rings. The zero-order valence-corrected chi connectivity index (χ0v) is 14.1. The van der Waals surface area contributed by atoms with Crippen LogP contribution in [0.3, 0.4) is 0 Å². The van der Waals surface area contributed by atoms with Crippen molar-refractivity contribution in [1.82, 2.24) is 10.2 Å². The molecule has 2 aliphatic heterocycles. The Morgan fingerprint density at radius 2 is 2.00 bits per heavy atom. The molecule has 0 bridgehead atoms. The van der Waals surface area contributed by atoms with Crippen molar-refractivity contribution in [3.63, 3.8) is 0 Å². The van der Waals surface area contributed by atoms with Gasteiger partial charge in [-0.25, -0.2) is 8.81 Å². The lowest BCUT2D eigenvalue weighted by atomic mass is 9.95. The maximum Gasteiger partial charge on any atom is 0.244 e. The van der Waals surface area contributed by atoms with Crippen molar-refractivity contribution >= 4 is 29.3 Å². The third kappa shape index (κ3) is 3.70. The van der Waals surface area contributed by atoms with Gasteiger partial charge in [-0.2, -0.15) is 0 Å². The van der Waals surface area contributed by atoms with Crippen LogP contribution in [-0.4, -0.2) is 42.4 Å². The second-order valence-electron chi connectivity index (χ2n) is 6.35. The lowest BCUT2D eigenvalue weighted by Crippen LogP contribution is -2.48. The summed E-state index contributed by atoms with van der Waals surface area (Å²) in [6.45, 7) is 2.00. The van der Waals surface area contributed by atoms with Crippen LogP contribution in [0.15, 0.2) is 24.3 Å². The molecule has 0 spiro atoms. The molecule has 0 radical (unpaired) electrons.